The summed E-state index contributed by atoms with van der Waals surface area (Å²) in [4.78, 5) is 0. The third-order valence-corrected chi connectivity index (χ3v) is 3.26. The second-order valence-corrected chi connectivity index (χ2v) is 4.81. The van der Waals surface area contributed by atoms with Gasteiger partial charge in [-0.2, -0.15) is 11.3 Å². The molecular weight excluding hydrogens is 232 g/mol. The number of nitrogens with zero attached hydrogens (tertiary/aromatic N) is 3. The van der Waals surface area contributed by atoms with Crippen LogP contribution in [0.15, 0.2) is 23.0 Å². The van der Waals surface area contributed by atoms with Gasteiger partial charge in [0.15, 0.2) is 0 Å². The molecule has 0 aliphatic heterocycles. The highest BCUT2D eigenvalue weighted by atomic mass is 32.1. The van der Waals surface area contributed by atoms with Crippen LogP contribution >= 0.6 is 11.3 Å². The molecule has 5 heteroatoms. The van der Waals surface area contributed by atoms with E-state index in [4.69, 9.17) is 0 Å². The van der Waals surface area contributed by atoms with Crippen LogP contribution in [0.5, 0.6) is 0 Å². The van der Waals surface area contributed by atoms with Crippen molar-refractivity contribution in [3.05, 3.63) is 34.3 Å². The number of thiophene rings is 1. The van der Waals surface area contributed by atoms with Gasteiger partial charge in [0.25, 0.3) is 0 Å². The number of hydrogen-bond acceptors (Lipinski definition) is 4. The average Bonchev–Trinajstić information content (AvgIpc) is 2.98. The van der Waals surface area contributed by atoms with Crippen LogP contribution in [0.1, 0.15) is 24.6 Å². The first-order valence-electron chi connectivity index (χ1n) is 5.99. The molecule has 0 saturated heterocycles. The first kappa shape index (κ1) is 12.3. The lowest BCUT2D eigenvalue weighted by Gasteiger charge is -1.98. The second-order valence-electron chi connectivity index (χ2n) is 4.03. The summed E-state index contributed by atoms with van der Waals surface area (Å²) >= 11 is 1.74. The van der Waals surface area contributed by atoms with E-state index in [1.807, 2.05) is 10.9 Å². The van der Waals surface area contributed by atoms with Crippen molar-refractivity contribution in [1.29, 1.82) is 0 Å². The molecule has 2 rings (SSSR count). The monoisotopic (exact) mass is 250 g/mol. The van der Waals surface area contributed by atoms with Gasteiger partial charge in [0.05, 0.1) is 5.69 Å². The molecule has 1 N–H and O–H groups in total. The average molecular weight is 250 g/mol. The van der Waals surface area contributed by atoms with Crippen LogP contribution in [0.2, 0.25) is 0 Å². The lowest BCUT2D eigenvalue weighted by Crippen LogP contribution is -2.13. The maximum Gasteiger partial charge on any atom is 0.0964 e. The van der Waals surface area contributed by atoms with E-state index in [1.165, 1.54) is 5.56 Å². The number of rotatable bonds is 7. The van der Waals surface area contributed by atoms with E-state index in [-0.39, 0.29) is 0 Å². The van der Waals surface area contributed by atoms with Gasteiger partial charge < -0.3 is 5.32 Å². The van der Waals surface area contributed by atoms with Crippen LogP contribution < -0.4 is 5.32 Å². The maximum absolute atomic E-state index is 4.14. The van der Waals surface area contributed by atoms with E-state index in [0.29, 0.717) is 0 Å². The van der Waals surface area contributed by atoms with Crippen molar-refractivity contribution >= 4 is 11.3 Å². The molecule has 0 fully saturated rings. The number of aryl methyl sites for hydroxylation is 2. The molecular formula is C12H18N4S. The molecule has 2 aromatic rings. The quantitative estimate of drug-likeness (QED) is 0.765. The molecule has 0 saturated carbocycles. The van der Waals surface area contributed by atoms with Crippen LogP contribution in [0.3, 0.4) is 0 Å². The van der Waals surface area contributed by atoms with Crippen molar-refractivity contribution in [3.63, 3.8) is 0 Å². The Morgan fingerprint density at radius 1 is 1.47 bits per heavy atom. The molecule has 0 aliphatic rings. The standard InChI is InChI=1S/C12H18N4S/c1-2-5-13-8-12-9-16(15-14-12)6-3-11-4-7-17-10-11/h4,7,9-10,13H,2-3,5-6,8H2,1H3. The van der Waals surface area contributed by atoms with Gasteiger partial charge in [0.2, 0.25) is 0 Å². The SMILES string of the molecule is CCCNCc1cn(CCc2ccsc2)nn1. The Kier molecular flexibility index (Phi) is 4.70. The fourth-order valence-electron chi connectivity index (χ4n) is 1.60. The van der Waals surface area contributed by atoms with E-state index < -0.39 is 0 Å². The highest BCUT2D eigenvalue weighted by Gasteiger charge is 2.00. The zero-order valence-corrected chi connectivity index (χ0v) is 10.9. The van der Waals surface area contributed by atoms with Gasteiger partial charge in [-0.3, -0.25) is 4.68 Å². The second kappa shape index (κ2) is 6.51. The van der Waals surface area contributed by atoms with Gasteiger partial charge in [0, 0.05) is 19.3 Å². The van der Waals surface area contributed by atoms with Crippen LogP contribution in [-0.2, 0) is 19.5 Å². The number of nitrogens with one attached hydrogen (secondary N) is 1. The molecule has 0 atom stereocenters. The minimum Gasteiger partial charge on any atom is -0.311 e. The molecule has 0 aromatic carbocycles. The van der Waals surface area contributed by atoms with E-state index in [2.05, 4.69) is 39.4 Å². The fraction of sp³-hybridized carbons (Fsp3) is 0.500. The molecule has 17 heavy (non-hydrogen) atoms. The van der Waals surface area contributed by atoms with Crippen molar-refractivity contribution < 1.29 is 0 Å². The Balaban J connectivity index is 1.77. The predicted molar refractivity (Wildman–Crippen MR) is 70.0 cm³/mol. The highest BCUT2D eigenvalue weighted by molar-refractivity contribution is 7.07. The first-order valence-corrected chi connectivity index (χ1v) is 6.93. The van der Waals surface area contributed by atoms with Crippen LogP contribution in [0, 0.1) is 0 Å². The van der Waals surface area contributed by atoms with Gasteiger partial charge in [-0.1, -0.05) is 12.1 Å². The topological polar surface area (TPSA) is 42.7 Å². The summed E-state index contributed by atoms with van der Waals surface area (Å²) in [6, 6.07) is 2.16. The summed E-state index contributed by atoms with van der Waals surface area (Å²) < 4.78 is 1.92. The summed E-state index contributed by atoms with van der Waals surface area (Å²) in [7, 11) is 0. The molecule has 0 aliphatic carbocycles. The van der Waals surface area contributed by atoms with Crippen molar-refractivity contribution in [2.24, 2.45) is 0 Å². The summed E-state index contributed by atoms with van der Waals surface area (Å²) in [6.45, 7) is 4.90. The van der Waals surface area contributed by atoms with Gasteiger partial charge in [-0.25, -0.2) is 0 Å². The number of hydrogen-bond donors (Lipinski definition) is 1. The molecule has 0 amide bonds. The van der Waals surface area contributed by atoms with Gasteiger partial charge >= 0.3 is 0 Å². The zero-order chi connectivity index (χ0) is 11.9. The third kappa shape index (κ3) is 3.94. The van der Waals surface area contributed by atoms with Crippen molar-refractivity contribution in [2.75, 3.05) is 6.54 Å². The third-order valence-electron chi connectivity index (χ3n) is 2.53. The molecule has 0 spiro atoms. The molecule has 2 heterocycles. The summed E-state index contributed by atoms with van der Waals surface area (Å²) in [5.74, 6) is 0. The van der Waals surface area contributed by atoms with E-state index in [9.17, 15) is 0 Å². The van der Waals surface area contributed by atoms with Crippen molar-refractivity contribution in [3.8, 4) is 0 Å². The van der Waals surface area contributed by atoms with Crippen molar-refractivity contribution in [1.82, 2.24) is 20.3 Å². The zero-order valence-electron chi connectivity index (χ0n) is 10.1. The van der Waals surface area contributed by atoms with Gasteiger partial charge in [-0.05, 0) is 41.8 Å². The largest absolute Gasteiger partial charge is 0.311 e. The highest BCUT2D eigenvalue weighted by Crippen LogP contribution is 2.07. The van der Waals surface area contributed by atoms with Crippen molar-refractivity contribution in [2.45, 2.75) is 32.9 Å². The Morgan fingerprint density at radius 3 is 3.18 bits per heavy atom. The smallest absolute Gasteiger partial charge is 0.0964 e. The lowest BCUT2D eigenvalue weighted by molar-refractivity contribution is 0.589. The van der Waals surface area contributed by atoms with E-state index in [0.717, 1.165) is 38.2 Å². The first-order chi connectivity index (χ1) is 8.38. The minimum absolute atomic E-state index is 0.812. The Morgan fingerprint density at radius 2 is 2.41 bits per heavy atom. The molecule has 0 bridgehead atoms. The fourth-order valence-corrected chi connectivity index (χ4v) is 2.30. The molecule has 92 valence electrons. The maximum atomic E-state index is 4.14. The molecule has 0 unspecified atom stereocenters. The number of aromatic nitrogens is 3. The van der Waals surface area contributed by atoms with Crippen LogP contribution in [0.25, 0.3) is 0 Å². The minimum atomic E-state index is 0.812. The van der Waals surface area contributed by atoms with Gasteiger partial charge in [0.1, 0.15) is 0 Å². The normalized spacial score (nSPS) is 10.9. The van der Waals surface area contributed by atoms with E-state index in [1.54, 1.807) is 11.3 Å². The summed E-state index contributed by atoms with van der Waals surface area (Å²) in [5, 5.41) is 15.9. The lowest BCUT2D eigenvalue weighted by atomic mass is 10.2. The predicted octanol–water partition coefficient (Wildman–Crippen LogP) is 2.08. The van der Waals surface area contributed by atoms with Gasteiger partial charge in [-0.15, -0.1) is 5.10 Å². The Labute approximate surface area is 106 Å². The van der Waals surface area contributed by atoms with Crippen LogP contribution in [0.4, 0.5) is 0 Å². The Hall–Kier alpha value is -1.20. The molecule has 4 nitrogen and oxygen atoms in total. The Bertz CT molecular complexity index is 421. The molecule has 0 radical (unpaired) electrons. The summed E-state index contributed by atoms with van der Waals surface area (Å²) in [6.07, 6.45) is 4.19. The van der Waals surface area contributed by atoms with Crippen LogP contribution in [-0.4, -0.2) is 21.5 Å². The summed E-state index contributed by atoms with van der Waals surface area (Å²) in [5.41, 5.74) is 2.39. The molecule has 2 aromatic heterocycles. The van der Waals surface area contributed by atoms with E-state index >= 15 is 0 Å².